The maximum atomic E-state index is 3.67. The molecule has 0 aromatic heterocycles. The lowest BCUT2D eigenvalue weighted by Crippen LogP contribution is -2.26. The Morgan fingerprint density at radius 2 is 1.08 bits per heavy atom. The van der Waals surface area contributed by atoms with Crippen LogP contribution in [-0.4, -0.2) is 0 Å². The smallest absolute Gasteiger partial charge is 0.0619 e. The Morgan fingerprint density at radius 1 is 0.444 bits per heavy atom. The van der Waals surface area contributed by atoms with Crippen LogP contribution in [0.1, 0.15) is 22.3 Å². The fourth-order valence-electron chi connectivity index (χ4n) is 6.77. The number of hydrogen-bond donors (Lipinski definition) is 0. The van der Waals surface area contributed by atoms with Crippen molar-refractivity contribution < 1.29 is 0 Å². The molecule has 2 aliphatic carbocycles. The zero-order valence-corrected chi connectivity index (χ0v) is 21.1. The third kappa shape index (κ3) is 2.49. The van der Waals surface area contributed by atoms with Crippen LogP contribution in [0.4, 0.5) is 0 Å². The van der Waals surface area contributed by atoms with Gasteiger partial charge in [-0.25, -0.2) is 0 Å². The first-order chi connectivity index (χ1) is 17.8. The van der Waals surface area contributed by atoms with Crippen molar-refractivity contribution in [3.63, 3.8) is 0 Å². The molecule has 6 aromatic rings. The van der Waals surface area contributed by atoms with Crippen molar-refractivity contribution in [1.82, 2.24) is 0 Å². The fourth-order valence-corrected chi connectivity index (χ4v) is 7.17. The summed E-state index contributed by atoms with van der Waals surface area (Å²) < 4.78 is 1.10. The Labute approximate surface area is 219 Å². The first-order valence-electron chi connectivity index (χ1n) is 12.4. The fraction of sp³-hybridized carbons (Fsp3) is 0.0286. The van der Waals surface area contributed by atoms with Crippen LogP contribution in [-0.2, 0) is 5.41 Å². The van der Waals surface area contributed by atoms with Gasteiger partial charge in [0.25, 0.3) is 0 Å². The molecule has 0 amide bonds. The molecule has 2 aliphatic rings. The Balaban J connectivity index is 1.57. The van der Waals surface area contributed by atoms with Crippen LogP contribution < -0.4 is 0 Å². The van der Waals surface area contributed by atoms with Gasteiger partial charge in [0.1, 0.15) is 0 Å². The van der Waals surface area contributed by atoms with E-state index in [2.05, 4.69) is 143 Å². The number of halogens is 1. The predicted molar refractivity (Wildman–Crippen MR) is 153 cm³/mol. The van der Waals surface area contributed by atoms with Gasteiger partial charge in [-0.1, -0.05) is 125 Å². The molecule has 168 valence electrons. The second-order valence-corrected chi connectivity index (χ2v) is 10.7. The van der Waals surface area contributed by atoms with Gasteiger partial charge in [0, 0.05) is 4.47 Å². The molecule has 36 heavy (non-hydrogen) atoms. The molecule has 0 saturated carbocycles. The van der Waals surface area contributed by atoms with Gasteiger partial charge >= 0.3 is 0 Å². The molecule has 0 radical (unpaired) electrons. The van der Waals surface area contributed by atoms with E-state index in [0.29, 0.717) is 0 Å². The van der Waals surface area contributed by atoms with Gasteiger partial charge in [-0.3, -0.25) is 0 Å². The molecule has 1 spiro atoms. The predicted octanol–water partition coefficient (Wildman–Crippen LogP) is 9.61. The average molecular weight is 521 g/mol. The summed E-state index contributed by atoms with van der Waals surface area (Å²) in [5.41, 5.74) is 13.0. The summed E-state index contributed by atoms with van der Waals surface area (Å²) in [5, 5.41) is 2.62. The van der Waals surface area contributed by atoms with E-state index < -0.39 is 0 Å². The molecule has 8 rings (SSSR count). The number of benzene rings is 6. The van der Waals surface area contributed by atoms with Gasteiger partial charge in [-0.15, -0.1) is 0 Å². The van der Waals surface area contributed by atoms with E-state index in [1.807, 2.05) is 0 Å². The Bertz CT molecular complexity index is 1810. The monoisotopic (exact) mass is 520 g/mol. The van der Waals surface area contributed by atoms with Gasteiger partial charge in [0.15, 0.2) is 0 Å². The standard InChI is InChI=1S/C35H21Br/c36-25-10-7-9-23(20-25)24-17-18-29-30-19-16-22-8-1-2-11-26(22)34(30)35(33(29)21-24)31-14-5-3-12-27(31)28-13-4-6-15-32(28)35/h1-21H. The third-order valence-corrected chi connectivity index (χ3v) is 8.62. The minimum Gasteiger partial charge on any atom is -0.0619 e. The highest BCUT2D eigenvalue weighted by Crippen LogP contribution is 2.64. The maximum absolute atomic E-state index is 3.67. The van der Waals surface area contributed by atoms with Crippen molar-refractivity contribution in [2.75, 3.05) is 0 Å². The van der Waals surface area contributed by atoms with Crippen LogP contribution in [0.15, 0.2) is 132 Å². The van der Waals surface area contributed by atoms with Crippen molar-refractivity contribution >= 4 is 26.7 Å². The highest BCUT2D eigenvalue weighted by molar-refractivity contribution is 9.10. The molecule has 0 nitrogen and oxygen atoms in total. The summed E-state index contributed by atoms with van der Waals surface area (Å²) in [4.78, 5) is 0. The SMILES string of the molecule is Brc1cccc(-c2ccc3c(c2)C2(c4ccccc4-c4ccccc42)c2c-3ccc3ccccc23)c1. The Morgan fingerprint density at radius 3 is 1.86 bits per heavy atom. The van der Waals surface area contributed by atoms with Crippen LogP contribution in [0.2, 0.25) is 0 Å². The summed E-state index contributed by atoms with van der Waals surface area (Å²) in [6.45, 7) is 0. The van der Waals surface area contributed by atoms with Crippen LogP contribution >= 0.6 is 15.9 Å². The van der Waals surface area contributed by atoms with E-state index >= 15 is 0 Å². The molecule has 6 aromatic carbocycles. The number of fused-ring (bicyclic) bond motifs is 12. The molecule has 0 saturated heterocycles. The van der Waals surface area contributed by atoms with Crippen LogP contribution in [0, 0.1) is 0 Å². The summed E-state index contributed by atoms with van der Waals surface area (Å²) in [6.07, 6.45) is 0. The minimum absolute atomic E-state index is 0.346. The van der Waals surface area contributed by atoms with Crippen LogP contribution in [0.3, 0.4) is 0 Å². The van der Waals surface area contributed by atoms with Crippen molar-refractivity contribution in [2.45, 2.75) is 5.41 Å². The van der Waals surface area contributed by atoms with Gasteiger partial charge in [-0.2, -0.15) is 0 Å². The number of hydrogen-bond acceptors (Lipinski definition) is 0. The van der Waals surface area contributed by atoms with E-state index in [1.165, 1.54) is 66.4 Å². The molecular formula is C35H21Br. The van der Waals surface area contributed by atoms with Gasteiger partial charge in [0.2, 0.25) is 0 Å². The van der Waals surface area contributed by atoms with Gasteiger partial charge in [-0.05, 0) is 84.6 Å². The molecule has 0 unspecified atom stereocenters. The molecule has 0 heterocycles. The lowest BCUT2D eigenvalue weighted by atomic mass is 9.69. The second kappa shape index (κ2) is 7.29. The van der Waals surface area contributed by atoms with Crippen molar-refractivity contribution in [3.8, 4) is 33.4 Å². The lowest BCUT2D eigenvalue weighted by Gasteiger charge is -2.31. The zero-order valence-electron chi connectivity index (χ0n) is 19.5. The average Bonchev–Trinajstić information content (AvgIpc) is 3.40. The highest BCUT2D eigenvalue weighted by atomic mass is 79.9. The largest absolute Gasteiger partial charge is 0.0731 e. The first-order valence-corrected chi connectivity index (χ1v) is 13.2. The third-order valence-electron chi connectivity index (χ3n) is 8.13. The summed E-state index contributed by atoms with van der Waals surface area (Å²) in [5.74, 6) is 0. The maximum Gasteiger partial charge on any atom is 0.0731 e. The quantitative estimate of drug-likeness (QED) is 0.202. The topological polar surface area (TPSA) is 0 Å². The van der Waals surface area contributed by atoms with Gasteiger partial charge in [0.05, 0.1) is 5.41 Å². The molecule has 0 fully saturated rings. The van der Waals surface area contributed by atoms with Crippen molar-refractivity contribution in [1.29, 1.82) is 0 Å². The van der Waals surface area contributed by atoms with Crippen molar-refractivity contribution in [2.24, 2.45) is 0 Å². The second-order valence-electron chi connectivity index (χ2n) is 9.82. The summed E-state index contributed by atoms with van der Waals surface area (Å²) in [7, 11) is 0. The van der Waals surface area contributed by atoms with Gasteiger partial charge < -0.3 is 0 Å². The van der Waals surface area contributed by atoms with E-state index in [-0.39, 0.29) is 5.41 Å². The zero-order chi connectivity index (χ0) is 23.9. The van der Waals surface area contributed by atoms with E-state index in [9.17, 15) is 0 Å². The van der Waals surface area contributed by atoms with E-state index in [1.54, 1.807) is 0 Å². The molecule has 0 aliphatic heterocycles. The first kappa shape index (κ1) is 20.3. The highest BCUT2D eigenvalue weighted by Gasteiger charge is 2.52. The molecule has 0 N–H and O–H groups in total. The normalized spacial score (nSPS) is 13.9. The Kier molecular flexibility index (Phi) is 4.10. The summed E-state index contributed by atoms with van der Waals surface area (Å²) in [6, 6.07) is 47.2. The minimum atomic E-state index is -0.346. The number of rotatable bonds is 1. The van der Waals surface area contributed by atoms with E-state index in [0.717, 1.165) is 4.47 Å². The van der Waals surface area contributed by atoms with E-state index in [4.69, 9.17) is 0 Å². The summed E-state index contributed by atoms with van der Waals surface area (Å²) >= 11 is 3.67. The Hall–Kier alpha value is -3.94. The van der Waals surface area contributed by atoms with Crippen molar-refractivity contribution in [3.05, 3.63) is 154 Å². The lowest BCUT2D eigenvalue weighted by molar-refractivity contribution is 0.801. The molecular weight excluding hydrogens is 500 g/mol. The molecule has 1 heteroatoms. The van der Waals surface area contributed by atoms with Crippen LogP contribution in [0.25, 0.3) is 44.2 Å². The molecule has 0 bridgehead atoms. The van der Waals surface area contributed by atoms with Crippen LogP contribution in [0.5, 0.6) is 0 Å². The molecule has 0 atom stereocenters.